The number of aryl methyl sites for hydroxylation is 1. The Morgan fingerprint density at radius 3 is 2.67 bits per heavy atom. The van der Waals surface area contributed by atoms with Gasteiger partial charge in [0.15, 0.2) is 0 Å². The Morgan fingerprint density at radius 1 is 1.47 bits per heavy atom. The summed E-state index contributed by atoms with van der Waals surface area (Å²) >= 11 is 0. The van der Waals surface area contributed by atoms with E-state index in [-0.39, 0.29) is 12.2 Å². The van der Waals surface area contributed by atoms with Gasteiger partial charge >= 0.3 is 5.97 Å². The highest BCUT2D eigenvalue weighted by Crippen LogP contribution is 2.23. The van der Waals surface area contributed by atoms with E-state index in [2.05, 4.69) is 0 Å². The highest BCUT2D eigenvalue weighted by molar-refractivity contribution is 5.92. The Hall–Kier alpha value is -1.58. The minimum absolute atomic E-state index is 0.113. The maximum Gasteiger partial charge on any atom is 0.342 e. The van der Waals surface area contributed by atoms with E-state index in [9.17, 15) is 9.18 Å². The minimum atomic E-state index is -0.576. The molecule has 0 fully saturated rings. The van der Waals surface area contributed by atoms with Crippen LogP contribution in [0.2, 0.25) is 0 Å². The van der Waals surface area contributed by atoms with Crippen LogP contribution in [0.15, 0.2) is 12.1 Å². The van der Waals surface area contributed by atoms with E-state index >= 15 is 0 Å². The van der Waals surface area contributed by atoms with E-state index in [1.807, 2.05) is 0 Å². The van der Waals surface area contributed by atoms with Crippen molar-refractivity contribution in [2.75, 3.05) is 13.7 Å². The number of halogens is 1. The van der Waals surface area contributed by atoms with Crippen LogP contribution in [0.5, 0.6) is 5.75 Å². The van der Waals surface area contributed by atoms with Crippen LogP contribution in [-0.2, 0) is 4.74 Å². The maximum atomic E-state index is 13.2. The van der Waals surface area contributed by atoms with Crippen LogP contribution in [0.1, 0.15) is 22.8 Å². The number of ether oxygens (including phenoxy) is 2. The average molecular weight is 212 g/mol. The van der Waals surface area contributed by atoms with Gasteiger partial charge in [-0.25, -0.2) is 9.18 Å². The van der Waals surface area contributed by atoms with Crippen LogP contribution < -0.4 is 4.74 Å². The molecule has 0 aliphatic heterocycles. The molecule has 0 heterocycles. The van der Waals surface area contributed by atoms with Crippen LogP contribution in [0.3, 0.4) is 0 Å². The van der Waals surface area contributed by atoms with Gasteiger partial charge in [0, 0.05) is 0 Å². The van der Waals surface area contributed by atoms with Gasteiger partial charge in [-0.3, -0.25) is 0 Å². The van der Waals surface area contributed by atoms with Gasteiger partial charge in [0.1, 0.15) is 17.1 Å². The molecule has 3 nitrogen and oxygen atoms in total. The molecule has 0 saturated heterocycles. The molecule has 0 aromatic heterocycles. The first-order valence-electron chi connectivity index (χ1n) is 4.61. The topological polar surface area (TPSA) is 35.5 Å². The molecular formula is C11H13FO3. The normalized spacial score (nSPS) is 9.87. The van der Waals surface area contributed by atoms with Crippen molar-refractivity contribution in [2.45, 2.75) is 13.8 Å². The van der Waals surface area contributed by atoms with Gasteiger partial charge < -0.3 is 9.47 Å². The molecule has 15 heavy (non-hydrogen) atoms. The monoisotopic (exact) mass is 212 g/mol. The molecule has 1 aromatic rings. The van der Waals surface area contributed by atoms with Crippen molar-refractivity contribution < 1.29 is 18.7 Å². The molecule has 0 aliphatic rings. The summed E-state index contributed by atoms with van der Waals surface area (Å²) in [5, 5.41) is 0. The van der Waals surface area contributed by atoms with Gasteiger partial charge in [-0.1, -0.05) is 0 Å². The summed E-state index contributed by atoms with van der Waals surface area (Å²) in [6.07, 6.45) is 0. The maximum absolute atomic E-state index is 13.2. The first-order chi connectivity index (χ1) is 7.10. The van der Waals surface area contributed by atoms with E-state index in [0.29, 0.717) is 11.3 Å². The van der Waals surface area contributed by atoms with Crippen molar-refractivity contribution in [3.8, 4) is 5.75 Å². The molecule has 0 unspecified atom stereocenters. The van der Waals surface area contributed by atoms with Gasteiger partial charge in [0.25, 0.3) is 0 Å². The van der Waals surface area contributed by atoms with Crippen LogP contribution in [0.25, 0.3) is 0 Å². The summed E-state index contributed by atoms with van der Waals surface area (Å²) < 4.78 is 23.0. The number of rotatable bonds is 3. The Morgan fingerprint density at radius 2 is 2.13 bits per heavy atom. The summed E-state index contributed by atoms with van der Waals surface area (Å²) in [6.45, 7) is 3.54. The van der Waals surface area contributed by atoms with Crippen molar-refractivity contribution in [3.05, 3.63) is 29.1 Å². The molecule has 0 saturated carbocycles. The van der Waals surface area contributed by atoms with Gasteiger partial charge in [-0.2, -0.15) is 0 Å². The smallest absolute Gasteiger partial charge is 0.342 e. The lowest BCUT2D eigenvalue weighted by Gasteiger charge is -2.09. The van der Waals surface area contributed by atoms with Gasteiger partial charge in [0.05, 0.1) is 13.7 Å². The second-order valence-electron chi connectivity index (χ2n) is 3.02. The van der Waals surface area contributed by atoms with Crippen LogP contribution in [0.4, 0.5) is 4.39 Å². The molecular weight excluding hydrogens is 199 g/mol. The first-order valence-corrected chi connectivity index (χ1v) is 4.61. The quantitative estimate of drug-likeness (QED) is 0.721. The number of carbonyl (C=O) groups is 1. The van der Waals surface area contributed by atoms with E-state index in [0.717, 1.165) is 6.07 Å². The molecule has 0 radical (unpaired) electrons. The fourth-order valence-corrected chi connectivity index (χ4v) is 1.19. The second kappa shape index (κ2) is 4.77. The predicted molar refractivity (Wildman–Crippen MR) is 53.6 cm³/mol. The number of carbonyl (C=O) groups excluding carboxylic acids is 1. The number of benzene rings is 1. The minimum Gasteiger partial charge on any atom is -0.496 e. The molecule has 82 valence electrons. The lowest BCUT2D eigenvalue weighted by molar-refractivity contribution is 0.0522. The molecule has 0 atom stereocenters. The summed E-state index contributed by atoms with van der Waals surface area (Å²) in [4.78, 5) is 11.4. The molecule has 1 rings (SSSR count). The third-order valence-corrected chi connectivity index (χ3v) is 1.98. The van der Waals surface area contributed by atoms with Gasteiger partial charge in [0.2, 0.25) is 0 Å². The van der Waals surface area contributed by atoms with Crippen LogP contribution in [0, 0.1) is 12.7 Å². The van der Waals surface area contributed by atoms with Crippen molar-refractivity contribution in [1.82, 2.24) is 0 Å². The lowest BCUT2D eigenvalue weighted by Crippen LogP contribution is -2.07. The fourth-order valence-electron chi connectivity index (χ4n) is 1.19. The summed E-state index contributed by atoms with van der Waals surface area (Å²) in [5.74, 6) is -0.695. The Labute approximate surface area is 87.8 Å². The molecule has 0 bridgehead atoms. The zero-order valence-electron chi connectivity index (χ0n) is 8.96. The largest absolute Gasteiger partial charge is 0.496 e. The zero-order chi connectivity index (χ0) is 11.4. The number of hydrogen-bond acceptors (Lipinski definition) is 3. The highest BCUT2D eigenvalue weighted by atomic mass is 19.1. The highest BCUT2D eigenvalue weighted by Gasteiger charge is 2.15. The Kier molecular flexibility index (Phi) is 3.66. The van der Waals surface area contributed by atoms with Crippen LogP contribution in [-0.4, -0.2) is 19.7 Å². The zero-order valence-corrected chi connectivity index (χ0v) is 8.96. The van der Waals surface area contributed by atoms with Gasteiger partial charge in [-0.15, -0.1) is 0 Å². The van der Waals surface area contributed by atoms with Crippen molar-refractivity contribution in [1.29, 1.82) is 0 Å². The predicted octanol–water partition coefficient (Wildman–Crippen LogP) is 2.32. The third kappa shape index (κ3) is 2.46. The SMILES string of the molecule is CCOC(=O)c1cc(F)c(C)cc1OC. The molecule has 1 aromatic carbocycles. The first kappa shape index (κ1) is 11.5. The van der Waals surface area contributed by atoms with E-state index < -0.39 is 11.8 Å². The van der Waals surface area contributed by atoms with Crippen molar-refractivity contribution in [2.24, 2.45) is 0 Å². The summed E-state index contributed by atoms with van der Waals surface area (Å²) in [7, 11) is 1.43. The molecule has 4 heteroatoms. The summed E-state index contributed by atoms with van der Waals surface area (Å²) in [5.41, 5.74) is 0.544. The Bertz CT molecular complexity index is 374. The van der Waals surface area contributed by atoms with Gasteiger partial charge in [-0.05, 0) is 31.5 Å². The molecule has 0 N–H and O–H groups in total. The summed E-state index contributed by atoms with van der Waals surface area (Å²) in [6, 6.07) is 2.60. The van der Waals surface area contributed by atoms with E-state index in [4.69, 9.17) is 9.47 Å². The standard InChI is InChI=1S/C11H13FO3/c1-4-15-11(13)8-6-9(12)7(2)5-10(8)14-3/h5-6H,4H2,1-3H3. The second-order valence-corrected chi connectivity index (χ2v) is 3.02. The Balaban J connectivity index is 3.15. The van der Waals surface area contributed by atoms with Crippen LogP contribution >= 0.6 is 0 Å². The third-order valence-electron chi connectivity index (χ3n) is 1.98. The molecule has 0 aliphatic carbocycles. The molecule has 0 spiro atoms. The molecule has 0 amide bonds. The number of esters is 1. The average Bonchev–Trinajstić information content (AvgIpc) is 2.21. The fraction of sp³-hybridized carbons (Fsp3) is 0.364. The van der Waals surface area contributed by atoms with Crippen molar-refractivity contribution in [3.63, 3.8) is 0 Å². The van der Waals surface area contributed by atoms with Crippen molar-refractivity contribution >= 4 is 5.97 Å². The number of methoxy groups -OCH3 is 1. The van der Waals surface area contributed by atoms with E-state index in [1.165, 1.54) is 13.2 Å². The lowest BCUT2D eigenvalue weighted by atomic mass is 10.1. The van der Waals surface area contributed by atoms with E-state index in [1.54, 1.807) is 13.8 Å². The number of hydrogen-bond donors (Lipinski definition) is 0.